The third kappa shape index (κ3) is 3.68. The van der Waals surface area contributed by atoms with E-state index in [0.29, 0.717) is 12.8 Å². The van der Waals surface area contributed by atoms with Crippen LogP contribution in [0.1, 0.15) is 57.4 Å². The molecule has 2 saturated carbocycles. The number of halogens is 5. The topological polar surface area (TPSA) is 9.23 Å². The first-order valence-corrected chi connectivity index (χ1v) is 9.93. The Morgan fingerprint density at radius 1 is 1.00 bits per heavy atom. The molecule has 3 rings (SSSR count). The minimum atomic E-state index is -1.87. The Morgan fingerprint density at radius 2 is 1.74 bits per heavy atom. The van der Waals surface area contributed by atoms with E-state index in [1.807, 2.05) is 6.92 Å². The van der Waals surface area contributed by atoms with Gasteiger partial charge in [0, 0.05) is 11.5 Å². The van der Waals surface area contributed by atoms with Gasteiger partial charge in [0.15, 0.2) is 11.6 Å². The van der Waals surface area contributed by atoms with Crippen molar-refractivity contribution >= 4 is 0 Å². The van der Waals surface area contributed by atoms with E-state index in [2.05, 4.69) is 0 Å². The van der Waals surface area contributed by atoms with E-state index in [1.54, 1.807) is 6.92 Å². The van der Waals surface area contributed by atoms with Crippen molar-refractivity contribution in [1.82, 2.24) is 0 Å². The molecule has 152 valence electrons. The summed E-state index contributed by atoms with van der Waals surface area (Å²) in [6.45, 7) is 3.77. The van der Waals surface area contributed by atoms with Gasteiger partial charge in [0.05, 0.1) is 12.5 Å². The molecule has 2 aliphatic rings. The molecule has 1 nitrogen and oxygen atoms in total. The van der Waals surface area contributed by atoms with Gasteiger partial charge in [-0.15, -0.1) is 0 Å². The maximum Gasteiger partial charge on any atom is 0.200 e. The minimum absolute atomic E-state index is 0.133. The number of ether oxygens (including phenoxy) is 1. The number of fused-ring (bicyclic) bond motifs is 1. The molecular formula is C21H27F5O. The van der Waals surface area contributed by atoms with E-state index in [-0.39, 0.29) is 30.3 Å². The van der Waals surface area contributed by atoms with Gasteiger partial charge in [-0.05, 0) is 44.1 Å². The summed E-state index contributed by atoms with van der Waals surface area (Å²) in [5.41, 5.74) is -0.360. The Morgan fingerprint density at radius 3 is 2.41 bits per heavy atom. The predicted molar refractivity (Wildman–Crippen MR) is 94.2 cm³/mol. The smallest absolute Gasteiger partial charge is 0.200 e. The molecule has 2 fully saturated rings. The van der Waals surface area contributed by atoms with Crippen molar-refractivity contribution in [1.29, 1.82) is 0 Å². The van der Waals surface area contributed by atoms with Crippen LogP contribution in [0.25, 0.3) is 0 Å². The monoisotopic (exact) mass is 390 g/mol. The maximum atomic E-state index is 15.2. The third-order valence-electron chi connectivity index (χ3n) is 6.27. The Bertz CT molecular complexity index is 652. The van der Waals surface area contributed by atoms with Crippen LogP contribution in [-0.4, -0.2) is 25.1 Å². The van der Waals surface area contributed by atoms with Gasteiger partial charge in [-0.3, -0.25) is 0 Å². The molecule has 6 heteroatoms. The summed E-state index contributed by atoms with van der Waals surface area (Å²) >= 11 is 0. The molecule has 0 aromatic heterocycles. The van der Waals surface area contributed by atoms with Crippen molar-refractivity contribution in [2.45, 2.75) is 70.4 Å². The molecule has 7 atom stereocenters. The van der Waals surface area contributed by atoms with E-state index in [0.717, 1.165) is 12.8 Å². The van der Waals surface area contributed by atoms with Gasteiger partial charge in [-0.25, -0.2) is 17.6 Å². The molecule has 0 amide bonds. The van der Waals surface area contributed by atoms with Gasteiger partial charge in [-0.1, -0.05) is 25.8 Å². The van der Waals surface area contributed by atoms with Gasteiger partial charge in [0.2, 0.25) is 5.82 Å². The van der Waals surface area contributed by atoms with Crippen molar-refractivity contribution in [2.75, 3.05) is 6.61 Å². The zero-order valence-electron chi connectivity index (χ0n) is 15.7. The average molecular weight is 390 g/mol. The molecule has 0 radical (unpaired) electrons. The van der Waals surface area contributed by atoms with Gasteiger partial charge in [-0.2, -0.15) is 4.39 Å². The summed E-state index contributed by atoms with van der Waals surface area (Å²) in [7, 11) is 0. The van der Waals surface area contributed by atoms with Gasteiger partial charge < -0.3 is 4.74 Å². The van der Waals surface area contributed by atoms with Crippen LogP contribution in [0.15, 0.2) is 12.1 Å². The van der Waals surface area contributed by atoms with Crippen LogP contribution in [0.4, 0.5) is 22.0 Å². The lowest BCUT2D eigenvalue weighted by atomic mass is 9.88. The van der Waals surface area contributed by atoms with Crippen LogP contribution in [-0.2, 0) is 0 Å². The Labute approximate surface area is 157 Å². The van der Waals surface area contributed by atoms with Crippen LogP contribution in [0, 0.1) is 29.4 Å². The molecule has 2 aliphatic carbocycles. The average Bonchev–Trinajstić information content (AvgIpc) is 2.76. The maximum absolute atomic E-state index is 15.2. The second-order valence-electron chi connectivity index (χ2n) is 7.85. The van der Waals surface area contributed by atoms with E-state index in [1.165, 1.54) is 12.1 Å². The van der Waals surface area contributed by atoms with Crippen LogP contribution in [0.3, 0.4) is 0 Å². The van der Waals surface area contributed by atoms with Crippen LogP contribution in [0.2, 0.25) is 0 Å². The normalized spacial score (nSPS) is 36.3. The molecule has 0 N–H and O–H groups in total. The first-order chi connectivity index (χ1) is 12.9. The Hall–Kier alpha value is -1.33. The Balaban J connectivity index is 1.89. The molecule has 0 aliphatic heterocycles. The molecule has 7 unspecified atom stereocenters. The quantitative estimate of drug-likeness (QED) is 0.536. The van der Waals surface area contributed by atoms with Crippen molar-refractivity contribution in [3.8, 4) is 5.75 Å². The lowest BCUT2D eigenvalue weighted by molar-refractivity contribution is 0.104. The highest BCUT2D eigenvalue weighted by molar-refractivity contribution is 5.35. The summed E-state index contributed by atoms with van der Waals surface area (Å²) in [5, 5.41) is 0. The summed E-state index contributed by atoms with van der Waals surface area (Å²) in [4.78, 5) is 0. The number of alkyl halides is 3. The van der Waals surface area contributed by atoms with E-state index < -0.39 is 47.9 Å². The first-order valence-electron chi connectivity index (χ1n) is 9.93. The standard InChI is InChI=1S/C21H27F5O/c1-3-5-11-6-7-12-16(14(22)10-11)21(26)17(18(12)23)13-8-9-15(27-4-2)20(25)19(13)24/h8-9,11-12,14,16-18,21H,3-7,10H2,1-2H3. The fraction of sp³-hybridized carbons (Fsp3) is 0.714. The fourth-order valence-corrected chi connectivity index (χ4v) is 5.06. The van der Waals surface area contributed by atoms with Crippen LogP contribution < -0.4 is 4.74 Å². The first kappa shape index (κ1) is 20.4. The summed E-state index contributed by atoms with van der Waals surface area (Å²) in [5.74, 6) is -6.08. The highest BCUT2D eigenvalue weighted by atomic mass is 19.2. The molecule has 27 heavy (non-hydrogen) atoms. The van der Waals surface area contributed by atoms with Gasteiger partial charge >= 0.3 is 0 Å². The zero-order valence-corrected chi connectivity index (χ0v) is 15.7. The van der Waals surface area contributed by atoms with Gasteiger partial charge in [0.25, 0.3) is 0 Å². The summed E-state index contributed by atoms with van der Waals surface area (Å²) < 4.78 is 78.9. The summed E-state index contributed by atoms with van der Waals surface area (Å²) in [6, 6.07) is 2.36. The molecule has 1 aromatic rings. The van der Waals surface area contributed by atoms with Crippen LogP contribution in [0.5, 0.6) is 5.75 Å². The number of hydrogen-bond donors (Lipinski definition) is 0. The van der Waals surface area contributed by atoms with E-state index >= 15 is 8.78 Å². The Kier molecular flexibility index (Phi) is 6.32. The largest absolute Gasteiger partial charge is 0.491 e. The highest BCUT2D eigenvalue weighted by Crippen LogP contribution is 2.54. The number of benzene rings is 1. The van der Waals surface area contributed by atoms with E-state index in [4.69, 9.17) is 4.74 Å². The lowest BCUT2D eigenvalue weighted by Gasteiger charge is -2.23. The van der Waals surface area contributed by atoms with Crippen molar-refractivity contribution in [3.63, 3.8) is 0 Å². The van der Waals surface area contributed by atoms with Gasteiger partial charge in [0.1, 0.15) is 18.5 Å². The second kappa shape index (κ2) is 8.36. The van der Waals surface area contributed by atoms with E-state index in [9.17, 15) is 13.2 Å². The number of rotatable bonds is 5. The van der Waals surface area contributed by atoms with Crippen LogP contribution >= 0.6 is 0 Å². The zero-order chi connectivity index (χ0) is 19.7. The third-order valence-corrected chi connectivity index (χ3v) is 6.27. The summed E-state index contributed by atoms with van der Waals surface area (Å²) in [6.07, 6.45) is -2.05. The molecule has 0 spiro atoms. The molecule has 0 heterocycles. The molecule has 0 saturated heterocycles. The minimum Gasteiger partial charge on any atom is -0.491 e. The van der Waals surface area contributed by atoms with Crippen molar-refractivity contribution in [3.05, 3.63) is 29.3 Å². The predicted octanol–water partition coefficient (Wildman–Crippen LogP) is 6.31. The highest BCUT2D eigenvalue weighted by Gasteiger charge is 2.56. The SMILES string of the molecule is CCCC1CCC2C(F)C(c3ccc(OCC)c(F)c3F)C(F)C2C(F)C1. The fourth-order valence-electron chi connectivity index (χ4n) is 5.06. The van der Waals surface area contributed by atoms with Crippen molar-refractivity contribution in [2.24, 2.45) is 17.8 Å². The number of hydrogen-bond acceptors (Lipinski definition) is 1. The lowest BCUT2D eigenvalue weighted by Crippen LogP contribution is -2.28. The second-order valence-corrected chi connectivity index (χ2v) is 7.85. The molecule has 0 bridgehead atoms. The molecular weight excluding hydrogens is 363 g/mol. The molecule has 1 aromatic carbocycles. The van der Waals surface area contributed by atoms with Crippen molar-refractivity contribution < 1.29 is 26.7 Å².